The predicted molar refractivity (Wildman–Crippen MR) is 135 cm³/mol. The summed E-state index contributed by atoms with van der Waals surface area (Å²) >= 11 is 7.50. The molecule has 0 spiro atoms. The second kappa shape index (κ2) is 8.65. The van der Waals surface area contributed by atoms with Gasteiger partial charge in [0.1, 0.15) is 0 Å². The van der Waals surface area contributed by atoms with Crippen LogP contribution in [0.5, 0.6) is 0 Å². The van der Waals surface area contributed by atoms with Crippen molar-refractivity contribution in [3.05, 3.63) is 89.4 Å². The van der Waals surface area contributed by atoms with Gasteiger partial charge in [0, 0.05) is 28.5 Å². The standard InChI is InChI=1S/C25H19ClN4OS/c1-29-22-10-6-5-9-20(22)21(24(29)17-11-13-18(26)14-12-17)15-27-28-25-30(23(31)16-32-25)19-7-3-2-4-8-19/h2-15H,16H2,1H3/b27-15+,28-25-. The van der Waals surface area contributed by atoms with Crippen molar-refractivity contribution >= 4 is 57.2 Å². The molecule has 158 valence electrons. The Bertz CT molecular complexity index is 1360. The first kappa shape index (κ1) is 20.5. The Morgan fingerprint density at radius 1 is 0.969 bits per heavy atom. The number of para-hydroxylation sites is 2. The second-order valence-electron chi connectivity index (χ2n) is 7.33. The van der Waals surface area contributed by atoms with E-state index < -0.39 is 0 Å². The van der Waals surface area contributed by atoms with Crippen LogP contribution in [0, 0.1) is 0 Å². The van der Waals surface area contributed by atoms with E-state index in [4.69, 9.17) is 11.6 Å². The zero-order valence-corrected chi connectivity index (χ0v) is 18.8. The van der Waals surface area contributed by atoms with Gasteiger partial charge in [-0.1, -0.05) is 71.9 Å². The number of carbonyl (C=O) groups is 1. The molecule has 1 aromatic heterocycles. The molecule has 7 heteroatoms. The van der Waals surface area contributed by atoms with Crippen molar-refractivity contribution in [3.63, 3.8) is 0 Å². The molecule has 0 radical (unpaired) electrons. The van der Waals surface area contributed by atoms with E-state index in [-0.39, 0.29) is 5.91 Å². The number of benzene rings is 3. The van der Waals surface area contributed by atoms with E-state index in [0.29, 0.717) is 15.9 Å². The van der Waals surface area contributed by atoms with Crippen molar-refractivity contribution in [1.82, 2.24) is 4.57 Å². The summed E-state index contributed by atoms with van der Waals surface area (Å²) in [5.74, 6) is 0.357. The summed E-state index contributed by atoms with van der Waals surface area (Å²) in [6.45, 7) is 0. The minimum absolute atomic E-state index is 0.00200. The summed E-state index contributed by atoms with van der Waals surface area (Å²) in [7, 11) is 2.04. The lowest BCUT2D eigenvalue weighted by Gasteiger charge is -2.14. The summed E-state index contributed by atoms with van der Waals surface area (Å²) in [4.78, 5) is 14.0. The number of amidine groups is 1. The van der Waals surface area contributed by atoms with Crippen molar-refractivity contribution in [2.45, 2.75) is 0 Å². The number of fused-ring (bicyclic) bond motifs is 1. The lowest BCUT2D eigenvalue weighted by atomic mass is 10.1. The van der Waals surface area contributed by atoms with Gasteiger partial charge < -0.3 is 4.57 Å². The van der Waals surface area contributed by atoms with Crippen LogP contribution in [0.15, 0.2) is 89.1 Å². The van der Waals surface area contributed by atoms with Gasteiger partial charge in [0.2, 0.25) is 5.91 Å². The molecule has 1 amide bonds. The average Bonchev–Trinajstić information content (AvgIpc) is 3.32. The molecule has 5 rings (SSSR count). The minimum atomic E-state index is 0.00200. The highest BCUT2D eigenvalue weighted by Gasteiger charge is 2.29. The van der Waals surface area contributed by atoms with Gasteiger partial charge in [-0.05, 0) is 35.9 Å². The van der Waals surface area contributed by atoms with Crippen molar-refractivity contribution in [2.24, 2.45) is 17.3 Å². The molecule has 0 N–H and O–H groups in total. The fourth-order valence-corrected chi connectivity index (χ4v) is 4.86. The highest BCUT2D eigenvalue weighted by atomic mass is 35.5. The molecule has 0 saturated carbocycles. The van der Waals surface area contributed by atoms with Gasteiger partial charge in [-0.3, -0.25) is 9.69 Å². The summed E-state index contributed by atoms with van der Waals surface area (Å²) < 4.78 is 2.15. The molecule has 1 saturated heterocycles. The van der Waals surface area contributed by atoms with Crippen LogP contribution in [0.25, 0.3) is 22.2 Å². The van der Waals surface area contributed by atoms with Crippen LogP contribution in [0.1, 0.15) is 5.56 Å². The lowest BCUT2D eigenvalue weighted by Crippen LogP contribution is -2.28. The fraction of sp³-hybridized carbons (Fsp3) is 0.0800. The van der Waals surface area contributed by atoms with E-state index in [1.54, 1.807) is 11.1 Å². The fourth-order valence-electron chi connectivity index (χ4n) is 3.91. The number of hydrogen-bond acceptors (Lipinski definition) is 4. The Balaban J connectivity index is 1.57. The molecule has 3 aromatic carbocycles. The Hall–Kier alpha value is -3.35. The number of hydrogen-bond donors (Lipinski definition) is 0. The highest BCUT2D eigenvalue weighted by Crippen LogP contribution is 2.33. The number of amides is 1. The Labute approximate surface area is 195 Å². The third kappa shape index (κ3) is 3.72. The van der Waals surface area contributed by atoms with Crippen LogP contribution in [-0.4, -0.2) is 27.6 Å². The molecule has 0 unspecified atom stereocenters. The quantitative estimate of drug-likeness (QED) is 0.279. The molecule has 1 aliphatic heterocycles. The maximum Gasteiger partial charge on any atom is 0.243 e. The van der Waals surface area contributed by atoms with E-state index >= 15 is 0 Å². The van der Waals surface area contributed by atoms with Crippen molar-refractivity contribution in [3.8, 4) is 11.3 Å². The van der Waals surface area contributed by atoms with Crippen molar-refractivity contribution < 1.29 is 4.79 Å². The third-order valence-electron chi connectivity index (χ3n) is 5.37. The number of halogens is 1. The first-order chi connectivity index (χ1) is 15.6. The van der Waals surface area contributed by atoms with Crippen molar-refractivity contribution in [1.29, 1.82) is 0 Å². The summed E-state index contributed by atoms with van der Waals surface area (Å²) in [6.07, 6.45) is 1.77. The average molecular weight is 459 g/mol. The van der Waals surface area contributed by atoms with Gasteiger partial charge in [-0.15, -0.1) is 5.10 Å². The Morgan fingerprint density at radius 2 is 1.69 bits per heavy atom. The number of thioether (sulfide) groups is 1. The molecule has 0 aliphatic carbocycles. The van der Waals surface area contributed by atoms with E-state index in [2.05, 4.69) is 26.9 Å². The SMILES string of the molecule is Cn1c(-c2ccc(Cl)cc2)c(/C=N/N=C2\SCC(=O)N2c2ccccc2)c2ccccc21. The van der Waals surface area contributed by atoms with Gasteiger partial charge in [0.15, 0.2) is 5.17 Å². The topological polar surface area (TPSA) is 50.0 Å². The smallest absolute Gasteiger partial charge is 0.243 e. The van der Waals surface area contributed by atoms with Gasteiger partial charge in [-0.25, -0.2) is 0 Å². The van der Waals surface area contributed by atoms with Gasteiger partial charge in [0.25, 0.3) is 0 Å². The first-order valence-corrected chi connectivity index (χ1v) is 11.4. The van der Waals surface area contributed by atoms with Crippen molar-refractivity contribution in [2.75, 3.05) is 10.7 Å². The normalized spacial score (nSPS) is 15.5. The molecule has 1 aliphatic rings. The van der Waals surface area contributed by atoms with Crippen LogP contribution in [0.3, 0.4) is 0 Å². The van der Waals surface area contributed by atoms with Crippen LogP contribution in [0.4, 0.5) is 5.69 Å². The molecule has 5 nitrogen and oxygen atoms in total. The molecule has 0 bridgehead atoms. The molecule has 1 fully saturated rings. The van der Waals surface area contributed by atoms with Crippen LogP contribution in [-0.2, 0) is 11.8 Å². The summed E-state index contributed by atoms with van der Waals surface area (Å²) in [5.41, 5.74) is 4.93. The Kier molecular flexibility index (Phi) is 5.55. The third-order valence-corrected chi connectivity index (χ3v) is 6.54. The minimum Gasteiger partial charge on any atom is -0.343 e. The monoisotopic (exact) mass is 458 g/mol. The zero-order chi connectivity index (χ0) is 22.1. The Morgan fingerprint density at radius 3 is 2.47 bits per heavy atom. The van der Waals surface area contributed by atoms with E-state index in [1.165, 1.54) is 11.8 Å². The number of carbonyl (C=O) groups excluding carboxylic acids is 1. The molecule has 32 heavy (non-hydrogen) atoms. The highest BCUT2D eigenvalue weighted by molar-refractivity contribution is 8.15. The molecule has 4 aromatic rings. The number of anilines is 1. The van der Waals surface area contributed by atoms with Gasteiger partial charge >= 0.3 is 0 Å². The van der Waals surface area contributed by atoms with E-state index in [0.717, 1.165) is 33.4 Å². The van der Waals surface area contributed by atoms with Gasteiger partial charge in [0.05, 0.1) is 23.3 Å². The molecule has 2 heterocycles. The zero-order valence-electron chi connectivity index (χ0n) is 17.3. The molecular weight excluding hydrogens is 440 g/mol. The summed E-state index contributed by atoms with van der Waals surface area (Å²) in [6, 6.07) is 25.5. The number of aryl methyl sites for hydroxylation is 1. The molecular formula is C25H19ClN4OS. The number of rotatable bonds is 4. The largest absolute Gasteiger partial charge is 0.343 e. The van der Waals surface area contributed by atoms with Crippen LogP contribution >= 0.6 is 23.4 Å². The predicted octanol–water partition coefficient (Wildman–Crippen LogP) is 5.97. The number of nitrogens with zero attached hydrogens (tertiary/aromatic N) is 4. The second-order valence-corrected chi connectivity index (χ2v) is 8.70. The maximum atomic E-state index is 12.4. The van der Waals surface area contributed by atoms with E-state index in [9.17, 15) is 4.79 Å². The lowest BCUT2D eigenvalue weighted by molar-refractivity contribution is -0.115. The molecule has 0 atom stereocenters. The van der Waals surface area contributed by atoms with Crippen LogP contribution < -0.4 is 4.90 Å². The first-order valence-electron chi connectivity index (χ1n) is 10.1. The summed E-state index contributed by atoms with van der Waals surface area (Å²) in [5, 5.41) is 11.2. The maximum absolute atomic E-state index is 12.4. The van der Waals surface area contributed by atoms with E-state index in [1.807, 2.05) is 73.8 Å². The number of aromatic nitrogens is 1. The van der Waals surface area contributed by atoms with Gasteiger partial charge in [-0.2, -0.15) is 5.10 Å². The van der Waals surface area contributed by atoms with Crippen LogP contribution in [0.2, 0.25) is 5.02 Å².